The van der Waals surface area contributed by atoms with E-state index in [1.54, 1.807) is 12.1 Å². The maximum Gasteiger partial charge on any atom is 0.131 e. The minimum atomic E-state index is -0.222. The summed E-state index contributed by atoms with van der Waals surface area (Å²) in [5.74, 6) is -0.222. The molecule has 0 atom stereocenters. The van der Waals surface area contributed by atoms with Crippen molar-refractivity contribution < 1.29 is 4.39 Å². The largest absolute Gasteiger partial charge is 0.399 e. The highest BCUT2D eigenvalue weighted by Gasteiger charge is 2.07. The van der Waals surface area contributed by atoms with Gasteiger partial charge in [-0.25, -0.2) is 4.39 Å². The molecule has 0 spiro atoms. The van der Waals surface area contributed by atoms with Crippen LogP contribution in [0.2, 0.25) is 0 Å². The quantitative estimate of drug-likeness (QED) is 0.816. The molecule has 2 N–H and O–H groups in total. The van der Waals surface area contributed by atoms with Crippen LogP contribution in [0.5, 0.6) is 0 Å². The van der Waals surface area contributed by atoms with E-state index in [0.29, 0.717) is 5.56 Å². The summed E-state index contributed by atoms with van der Waals surface area (Å²) in [5.41, 5.74) is 9.09. The molecular formula is C14H13BrFN. The Kier molecular flexibility index (Phi) is 3.48. The highest BCUT2D eigenvalue weighted by atomic mass is 79.9. The first-order chi connectivity index (χ1) is 8.11. The molecule has 88 valence electrons. The van der Waals surface area contributed by atoms with Gasteiger partial charge in [-0.1, -0.05) is 28.9 Å². The number of anilines is 1. The zero-order valence-corrected chi connectivity index (χ0v) is 11.1. The van der Waals surface area contributed by atoms with Gasteiger partial charge in [-0.05, 0) is 47.9 Å². The van der Waals surface area contributed by atoms with Crippen molar-refractivity contribution in [3.8, 4) is 11.1 Å². The van der Waals surface area contributed by atoms with Crippen LogP contribution in [-0.2, 0) is 6.42 Å². The molecule has 3 heteroatoms. The molecule has 2 aromatic carbocycles. The first-order valence-corrected chi connectivity index (χ1v) is 6.25. The highest BCUT2D eigenvalue weighted by molar-refractivity contribution is 9.10. The second-order valence-electron chi connectivity index (χ2n) is 3.89. The van der Waals surface area contributed by atoms with Crippen molar-refractivity contribution in [1.29, 1.82) is 0 Å². The molecule has 0 saturated heterocycles. The average Bonchev–Trinajstić information content (AvgIpc) is 2.33. The van der Waals surface area contributed by atoms with Crippen LogP contribution in [0, 0.1) is 5.82 Å². The Bertz CT molecular complexity index is 552. The van der Waals surface area contributed by atoms with Gasteiger partial charge in [0.05, 0.1) is 0 Å². The zero-order chi connectivity index (χ0) is 12.4. The van der Waals surface area contributed by atoms with E-state index >= 15 is 0 Å². The molecule has 0 radical (unpaired) electrons. The molecule has 0 saturated carbocycles. The third-order valence-corrected chi connectivity index (χ3v) is 3.26. The van der Waals surface area contributed by atoms with E-state index in [1.807, 2.05) is 25.1 Å². The van der Waals surface area contributed by atoms with E-state index in [9.17, 15) is 4.39 Å². The summed E-state index contributed by atoms with van der Waals surface area (Å²) in [5, 5.41) is 0. The van der Waals surface area contributed by atoms with Crippen LogP contribution < -0.4 is 5.73 Å². The van der Waals surface area contributed by atoms with E-state index in [-0.39, 0.29) is 5.82 Å². The van der Waals surface area contributed by atoms with Gasteiger partial charge in [0, 0.05) is 15.7 Å². The predicted octanol–water partition coefficient (Wildman–Crippen LogP) is 4.40. The van der Waals surface area contributed by atoms with Gasteiger partial charge in [0.15, 0.2) is 0 Å². The number of aryl methyl sites for hydroxylation is 1. The number of benzene rings is 2. The average molecular weight is 294 g/mol. The molecule has 2 rings (SSSR count). The monoisotopic (exact) mass is 293 g/mol. The topological polar surface area (TPSA) is 26.0 Å². The smallest absolute Gasteiger partial charge is 0.131 e. The van der Waals surface area contributed by atoms with Crippen LogP contribution in [0.15, 0.2) is 40.9 Å². The normalized spacial score (nSPS) is 10.5. The zero-order valence-electron chi connectivity index (χ0n) is 9.50. The SMILES string of the molecule is CCc1cc(-c2cc(Br)ccc2F)ccc1N. The Labute approximate surface area is 109 Å². The molecule has 2 aromatic rings. The van der Waals surface area contributed by atoms with Crippen molar-refractivity contribution in [2.45, 2.75) is 13.3 Å². The standard InChI is InChI=1S/C14H13BrFN/c1-2-9-7-10(3-6-14(9)17)12-8-11(15)4-5-13(12)16/h3-8H,2,17H2,1H3. The lowest BCUT2D eigenvalue weighted by Crippen LogP contribution is -1.94. The molecule has 0 heterocycles. The van der Waals surface area contributed by atoms with Crippen molar-refractivity contribution in [1.82, 2.24) is 0 Å². The maximum atomic E-state index is 13.7. The Morgan fingerprint density at radius 1 is 1.18 bits per heavy atom. The molecule has 0 amide bonds. The summed E-state index contributed by atoms with van der Waals surface area (Å²) in [4.78, 5) is 0. The number of hydrogen-bond acceptors (Lipinski definition) is 1. The van der Waals surface area contributed by atoms with E-state index in [2.05, 4.69) is 15.9 Å². The predicted molar refractivity (Wildman–Crippen MR) is 73.3 cm³/mol. The van der Waals surface area contributed by atoms with Gasteiger partial charge in [0.2, 0.25) is 0 Å². The van der Waals surface area contributed by atoms with Crippen LogP contribution in [0.1, 0.15) is 12.5 Å². The molecule has 17 heavy (non-hydrogen) atoms. The van der Waals surface area contributed by atoms with Crippen LogP contribution in [-0.4, -0.2) is 0 Å². The third-order valence-electron chi connectivity index (χ3n) is 2.76. The minimum absolute atomic E-state index is 0.222. The fourth-order valence-electron chi connectivity index (χ4n) is 1.80. The lowest BCUT2D eigenvalue weighted by Gasteiger charge is -2.08. The molecular weight excluding hydrogens is 281 g/mol. The van der Waals surface area contributed by atoms with Crippen molar-refractivity contribution >= 4 is 21.6 Å². The summed E-state index contributed by atoms with van der Waals surface area (Å²) in [6, 6.07) is 10.5. The van der Waals surface area contributed by atoms with Crippen molar-refractivity contribution in [3.05, 3.63) is 52.3 Å². The first kappa shape index (κ1) is 12.1. The van der Waals surface area contributed by atoms with Gasteiger partial charge in [-0.3, -0.25) is 0 Å². The number of nitrogens with two attached hydrogens (primary N) is 1. The lowest BCUT2D eigenvalue weighted by atomic mass is 10.0. The van der Waals surface area contributed by atoms with E-state index in [1.165, 1.54) is 6.07 Å². The lowest BCUT2D eigenvalue weighted by molar-refractivity contribution is 0.631. The number of rotatable bonds is 2. The summed E-state index contributed by atoms with van der Waals surface area (Å²) in [6.45, 7) is 2.03. The fourth-order valence-corrected chi connectivity index (χ4v) is 2.16. The van der Waals surface area contributed by atoms with Gasteiger partial charge in [0.25, 0.3) is 0 Å². The Hall–Kier alpha value is -1.35. The van der Waals surface area contributed by atoms with E-state index in [0.717, 1.165) is 27.7 Å². The molecule has 0 aliphatic carbocycles. The minimum Gasteiger partial charge on any atom is -0.399 e. The number of halogens is 2. The van der Waals surface area contributed by atoms with Crippen LogP contribution >= 0.6 is 15.9 Å². The maximum absolute atomic E-state index is 13.7. The van der Waals surface area contributed by atoms with Gasteiger partial charge in [0.1, 0.15) is 5.82 Å². The van der Waals surface area contributed by atoms with Gasteiger partial charge < -0.3 is 5.73 Å². The summed E-state index contributed by atoms with van der Waals surface area (Å²) >= 11 is 3.35. The molecule has 0 aliphatic rings. The van der Waals surface area contributed by atoms with Crippen LogP contribution in [0.25, 0.3) is 11.1 Å². The molecule has 0 fully saturated rings. The molecule has 0 aromatic heterocycles. The Morgan fingerprint density at radius 2 is 1.94 bits per heavy atom. The Balaban J connectivity index is 2.56. The summed E-state index contributed by atoms with van der Waals surface area (Å²) in [7, 11) is 0. The van der Waals surface area contributed by atoms with Gasteiger partial charge in [-0.15, -0.1) is 0 Å². The highest BCUT2D eigenvalue weighted by Crippen LogP contribution is 2.28. The Morgan fingerprint density at radius 3 is 2.65 bits per heavy atom. The van der Waals surface area contributed by atoms with E-state index < -0.39 is 0 Å². The first-order valence-electron chi connectivity index (χ1n) is 5.45. The van der Waals surface area contributed by atoms with Crippen molar-refractivity contribution in [3.63, 3.8) is 0 Å². The van der Waals surface area contributed by atoms with Crippen LogP contribution in [0.3, 0.4) is 0 Å². The van der Waals surface area contributed by atoms with Crippen molar-refractivity contribution in [2.75, 3.05) is 5.73 Å². The molecule has 1 nitrogen and oxygen atoms in total. The van der Waals surface area contributed by atoms with E-state index in [4.69, 9.17) is 5.73 Å². The third kappa shape index (κ3) is 2.50. The molecule has 0 aliphatic heterocycles. The number of hydrogen-bond donors (Lipinski definition) is 1. The molecule has 0 unspecified atom stereocenters. The van der Waals surface area contributed by atoms with Gasteiger partial charge in [-0.2, -0.15) is 0 Å². The fraction of sp³-hybridized carbons (Fsp3) is 0.143. The second-order valence-corrected chi connectivity index (χ2v) is 4.81. The number of nitrogen functional groups attached to an aromatic ring is 1. The van der Waals surface area contributed by atoms with Gasteiger partial charge >= 0.3 is 0 Å². The van der Waals surface area contributed by atoms with Crippen molar-refractivity contribution in [2.24, 2.45) is 0 Å². The summed E-state index contributed by atoms with van der Waals surface area (Å²) < 4.78 is 14.6. The second kappa shape index (κ2) is 4.88. The summed E-state index contributed by atoms with van der Waals surface area (Å²) in [6.07, 6.45) is 0.843. The molecule has 0 bridgehead atoms. The van der Waals surface area contributed by atoms with Crippen LogP contribution in [0.4, 0.5) is 10.1 Å².